The minimum absolute atomic E-state index is 0. The lowest BCUT2D eigenvalue weighted by atomic mass is 10.1. The first-order valence-electron chi connectivity index (χ1n) is 9.06. The summed E-state index contributed by atoms with van der Waals surface area (Å²) in [4.78, 5) is 19.0. The third kappa shape index (κ3) is 4.92. The van der Waals surface area contributed by atoms with Crippen molar-refractivity contribution >= 4 is 35.4 Å². The van der Waals surface area contributed by atoms with Gasteiger partial charge in [0.25, 0.3) is 5.91 Å². The molecule has 0 aliphatic carbocycles. The van der Waals surface area contributed by atoms with E-state index in [9.17, 15) is 9.18 Å². The van der Waals surface area contributed by atoms with E-state index in [-0.39, 0.29) is 18.2 Å². The van der Waals surface area contributed by atoms with E-state index < -0.39 is 5.91 Å². The predicted octanol–water partition coefficient (Wildman–Crippen LogP) is 4.90. The number of amides is 1. The fourth-order valence-corrected chi connectivity index (χ4v) is 3.12. The monoisotopic (exact) mass is 423 g/mol. The van der Waals surface area contributed by atoms with Gasteiger partial charge in [0, 0.05) is 12.5 Å². The Hall–Kier alpha value is -3.48. The molecule has 7 heteroatoms. The Morgan fingerprint density at radius 3 is 2.43 bits per heavy atom. The second kappa shape index (κ2) is 9.35. The number of rotatable bonds is 5. The molecule has 152 valence electrons. The molecule has 1 heterocycles. The number of aromatic amines is 1. The van der Waals surface area contributed by atoms with Crippen molar-refractivity contribution in [3.8, 4) is 11.1 Å². The van der Waals surface area contributed by atoms with Crippen LogP contribution >= 0.6 is 12.4 Å². The number of hydrogen-bond donors (Lipinski definition) is 3. The van der Waals surface area contributed by atoms with E-state index in [4.69, 9.17) is 5.21 Å². The molecule has 4 aromatic rings. The van der Waals surface area contributed by atoms with E-state index in [1.165, 1.54) is 18.2 Å². The molecule has 0 bridgehead atoms. The molecule has 1 aromatic heterocycles. The highest BCUT2D eigenvalue weighted by molar-refractivity contribution is 5.90. The van der Waals surface area contributed by atoms with Crippen LogP contribution in [0, 0.1) is 5.82 Å². The maximum absolute atomic E-state index is 13.1. The highest BCUT2D eigenvalue weighted by Gasteiger charge is 2.06. The number of carbonyl (C=O) groups excluding carboxylic acids is 1. The number of carbonyl (C=O) groups is 1. The molecular weight excluding hydrogens is 405 g/mol. The molecule has 0 aliphatic rings. The molecule has 1 amide bonds. The van der Waals surface area contributed by atoms with Gasteiger partial charge in [0.15, 0.2) is 0 Å². The summed E-state index contributed by atoms with van der Waals surface area (Å²) in [5.74, 6) is 0.0207. The fraction of sp³-hybridized carbons (Fsp3) is 0.0435. The Balaban J connectivity index is 0.00000256. The SMILES string of the molecule is Cl.O=C(/C=C/c1ccc(Cc2nc3ccc(-c4ccc(F)cc4)cc3[nH]2)cc1)NO. The number of H-pyrrole nitrogens is 1. The number of nitrogens with one attached hydrogen (secondary N) is 2. The topological polar surface area (TPSA) is 78.0 Å². The van der Waals surface area contributed by atoms with Gasteiger partial charge in [-0.15, -0.1) is 12.4 Å². The van der Waals surface area contributed by atoms with Gasteiger partial charge in [0.05, 0.1) is 11.0 Å². The van der Waals surface area contributed by atoms with Gasteiger partial charge >= 0.3 is 0 Å². The van der Waals surface area contributed by atoms with E-state index in [2.05, 4.69) is 9.97 Å². The molecule has 0 fully saturated rings. The zero-order chi connectivity index (χ0) is 20.2. The first-order chi connectivity index (χ1) is 14.1. The fourth-order valence-electron chi connectivity index (χ4n) is 3.12. The molecule has 3 N–H and O–H groups in total. The van der Waals surface area contributed by atoms with Crippen LogP contribution in [0.15, 0.2) is 72.8 Å². The largest absolute Gasteiger partial charge is 0.342 e. The highest BCUT2D eigenvalue weighted by atomic mass is 35.5. The second-order valence-corrected chi connectivity index (χ2v) is 6.65. The van der Waals surface area contributed by atoms with Crippen molar-refractivity contribution in [1.82, 2.24) is 15.4 Å². The lowest BCUT2D eigenvalue weighted by Crippen LogP contribution is -2.14. The number of aromatic nitrogens is 2. The normalized spacial score (nSPS) is 10.9. The van der Waals surface area contributed by atoms with Crippen LogP contribution in [0.1, 0.15) is 17.0 Å². The average Bonchev–Trinajstić information content (AvgIpc) is 3.15. The van der Waals surface area contributed by atoms with Crippen molar-refractivity contribution in [2.45, 2.75) is 6.42 Å². The molecule has 0 aliphatic heterocycles. The van der Waals surface area contributed by atoms with Crippen molar-refractivity contribution in [1.29, 1.82) is 0 Å². The molecular formula is C23H19ClFN3O2. The summed E-state index contributed by atoms with van der Waals surface area (Å²) >= 11 is 0. The lowest BCUT2D eigenvalue weighted by molar-refractivity contribution is -0.124. The zero-order valence-electron chi connectivity index (χ0n) is 15.8. The van der Waals surface area contributed by atoms with Crippen LogP contribution in [0.3, 0.4) is 0 Å². The molecule has 30 heavy (non-hydrogen) atoms. The van der Waals surface area contributed by atoms with Gasteiger partial charge in [0.2, 0.25) is 0 Å². The van der Waals surface area contributed by atoms with Crippen molar-refractivity contribution < 1.29 is 14.4 Å². The van der Waals surface area contributed by atoms with Crippen molar-refractivity contribution in [3.63, 3.8) is 0 Å². The Bertz CT molecular complexity index is 1190. The van der Waals surface area contributed by atoms with Gasteiger partial charge in [-0.1, -0.05) is 42.5 Å². The Kier molecular flexibility index (Phi) is 6.61. The summed E-state index contributed by atoms with van der Waals surface area (Å²) in [6.45, 7) is 0. The standard InChI is InChI=1S/C23H18FN3O2.ClH/c24-19-9-6-17(7-10-19)18-8-11-20-21(14-18)26-22(25-20)13-16-3-1-15(2-4-16)5-12-23(28)27-29;/h1-12,14,29H,13H2,(H,25,26)(H,27,28);1H/b12-5+;. The van der Waals surface area contributed by atoms with Crippen molar-refractivity contribution in [2.75, 3.05) is 0 Å². The molecule has 0 saturated carbocycles. The molecule has 3 aromatic carbocycles. The summed E-state index contributed by atoms with van der Waals surface area (Å²) < 4.78 is 13.1. The predicted molar refractivity (Wildman–Crippen MR) is 117 cm³/mol. The zero-order valence-corrected chi connectivity index (χ0v) is 16.6. The second-order valence-electron chi connectivity index (χ2n) is 6.65. The Morgan fingerprint density at radius 1 is 1.03 bits per heavy atom. The van der Waals surface area contributed by atoms with E-state index in [1.807, 2.05) is 42.5 Å². The maximum Gasteiger partial charge on any atom is 0.267 e. The quantitative estimate of drug-likeness (QED) is 0.243. The van der Waals surface area contributed by atoms with Gasteiger partial charge in [-0.3, -0.25) is 10.0 Å². The summed E-state index contributed by atoms with van der Waals surface area (Å²) in [5.41, 5.74) is 7.23. The van der Waals surface area contributed by atoms with Crippen LogP contribution in [0.25, 0.3) is 28.2 Å². The summed E-state index contributed by atoms with van der Waals surface area (Å²) in [6, 6.07) is 20.1. The Labute approximate surface area is 178 Å². The molecule has 0 unspecified atom stereocenters. The van der Waals surface area contributed by atoms with Crippen LogP contribution in [-0.2, 0) is 11.2 Å². The summed E-state index contributed by atoms with van der Waals surface area (Å²) in [7, 11) is 0. The molecule has 0 radical (unpaired) electrons. The van der Waals surface area contributed by atoms with Crippen LogP contribution in [0.5, 0.6) is 0 Å². The number of imidazole rings is 1. The molecule has 0 spiro atoms. The number of benzene rings is 3. The Morgan fingerprint density at radius 2 is 1.73 bits per heavy atom. The van der Waals surface area contributed by atoms with E-state index in [0.717, 1.165) is 39.1 Å². The third-order valence-electron chi connectivity index (χ3n) is 4.60. The maximum atomic E-state index is 13.1. The number of hydroxylamine groups is 1. The van der Waals surface area contributed by atoms with Crippen molar-refractivity contribution in [2.24, 2.45) is 0 Å². The van der Waals surface area contributed by atoms with Crippen LogP contribution in [-0.4, -0.2) is 21.1 Å². The summed E-state index contributed by atoms with van der Waals surface area (Å²) in [5, 5.41) is 8.50. The van der Waals surface area contributed by atoms with E-state index in [0.29, 0.717) is 6.42 Å². The smallest absolute Gasteiger partial charge is 0.267 e. The number of fused-ring (bicyclic) bond motifs is 1. The third-order valence-corrected chi connectivity index (χ3v) is 4.60. The van der Waals surface area contributed by atoms with Gasteiger partial charge < -0.3 is 4.98 Å². The van der Waals surface area contributed by atoms with E-state index in [1.54, 1.807) is 23.7 Å². The van der Waals surface area contributed by atoms with Gasteiger partial charge in [-0.05, 0) is 52.6 Å². The minimum Gasteiger partial charge on any atom is -0.342 e. The average molecular weight is 424 g/mol. The van der Waals surface area contributed by atoms with E-state index >= 15 is 0 Å². The van der Waals surface area contributed by atoms with Crippen LogP contribution < -0.4 is 5.48 Å². The molecule has 4 rings (SSSR count). The number of halogens is 2. The van der Waals surface area contributed by atoms with Gasteiger partial charge in [0.1, 0.15) is 11.6 Å². The molecule has 5 nitrogen and oxygen atoms in total. The molecule has 0 saturated heterocycles. The van der Waals surface area contributed by atoms with Gasteiger partial charge in [-0.25, -0.2) is 14.9 Å². The lowest BCUT2D eigenvalue weighted by Gasteiger charge is -2.01. The van der Waals surface area contributed by atoms with Crippen LogP contribution in [0.2, 0.25) is 0 Å². The van der Waals surface area contributed by atoms with Gasteiger partial charge in [-0.2, -0.15) is 0 Å². The van der Waals surface area contributed by atoms with Crippen molar-refractivity contribution in [3.05, 3.63) is 95.6 Å². The van der Waals surface area contributed by atoms with Crippen LogP contribution in [0.4, 0.5) is 4.39 Å². The number of nitrogens with zero attached hydrogens (tertiary/aromatic N) is 1. The number of hydrogen-bond acceptors (Lipinski definition) is 3. The first-order valence-corrected chi connectivity index (χ1v) is 9.06. The molecule has 0 atom stereocenters. The first kappa shape index (κ1) is 21.2. The minimum atomic E-state index is -0.573. The highest BCUT2D eigenvalue weighted by Crippen LogP contribution is 2.24. The summed E-state index contributed by atoms with van der Waals surface area (Å²) in [6.07, 6.45) is 3.52.